The van der Waals surface area contributed by atoms with E-state index in [-0.39, 0.29) is 5.91 Å². The summed E-state index contributed by atoms with van der Waals surface area (Å²) in [6.45, 7) is 2.61. The number of carbonyl (C=O) groups excluding carboxylic acids is 1. The first-order chi connectivity index (χ1) is 9.97. The Morgan fingerprint density at radius 2 is 1.62 bits per heavy atom. The summed E-state index contributed by atoms with van der Waals surface area (Å²) in [5.41, 5.74) is 2.91. The van der Waals surface area contributed by atoms with E-state index in [9.17, 15) is 9.00 Å². The van der Waals surface area contributed by atoms with E-state index >= 15 is 0 Å². The van der Waals surface area contributed by atoms with E-state index in [2.05, 4.69) is 0 Å². The number of amides is 1. The van der Waals surface area contributed by atoms with Gasteiger partial charge in [0.25, 0.3) is 5.91 Å². The molecular weight excluding hydrogens is 282 g/mol. The molecule has 0 heterocycles. The normalized spacial score (nSPS) is 12.0. The van der Waals surface area contributed by atoms with Crippen molar-refractivity contribution in [1.29, 1.82) is 0 Å². The second kappa shape index (κ2) is 6.68. The van der Waals surface area contributed by atoms with Gasteiger partial charge in [-0.25, -0.2) is 0 Å². The summed E-state index contributed by atoms with van der Waals surface area (Å²) in [6.07, 6.45) is 1.63. The number of benzene rings is 2. The van der Waals surface area contributed by atoms with Crippen LogP contribution < -0.4 is 0 Å². The third kappa shape index (κ3) is 4.02. The highest BCUT2D eigenvalue weighted by atomic mass is 32.2. The molecule has 1 atom stereocenters. The maximum absolute atomic E-state index is 12.3. The van der Waals surface area contributed by atoms with Gasteiger partial charge in [0.05, 0.1) is 0 Å². The Kier molecular flexibility index (Phi) is 4.91. The third-order valence-electron chi connectivity index (χ3n) is 3.32. The largest absolute Gasteiger partial charge is 0.337 e. The Morgan fingerprint density at radius 3 is 2.14 bits per heavy atom. The predicted molar refractivity (Wildman–Crippen MR) is 85.8 cm³/mol. The lowest BCUT2D eigenvalue weighted by atomic mass is 10.1. The molecule has 0 aliphatic rings. The van der Waals surface area contributed by atoms with Crippen LogP contribution in [0.2, 0.25) is 0 Å². The molecule has 0 saturated heterocycles. The molecule has 0 bridgehead atoms. The molecule has 0 aliphatic heterocycles. The van der Waals surface area contributed by atoms with E-state index in [4.69, 9.17) is 0 Å². The number of hydrogen-bond donors (Lipinski definition) is 0. The van der Waals surface area contributed by atoms with Gasteiger partial charge >= 0.3 is 0 Å². The Morgan fingerprint density at radius 1 is 1.05 bits per heavy atom. The van der Waals surface area contributed by atoms with Crippen LogP contribution in [0.15, 0.2) is 53.4 Å². The summed E-state index contributed by atoms with van der Waals surface area (Å²) in [6, 6.07) is 15.1. The maximum atomic E-state index is 12.3. The zero-order valence-electron chi connectivity index (χ0n) is 12.5. The molecule has 4 heteroatoms. The van der Waals surface area contributed by atoms with E-state index in [1.165, 1.54) is 5.56 Å². The first kappa shape index (κ1) is 15.4. The summed E-state index contributed by atoms with van der Waals surface area (Å²) in [5, 5.41) is 0. The highest BCUT2D eigenvalue weighted by Gasteiger charge is 2.12. The second-order valence-electron chi connectivity index (χ2n) is 5.13. The first-order valence-corrected chi connectivity index (χ1v) is 8.27. The molecule has 1 amide bonds. The smallest absolute Gasteiger partial charge is 0.253 e. The van der Waals surface area contributed by atoms with Crippen molar-refractivity contribution >= 4 is 16.7 Å². The topological polar surface area (TPSA) is 37.4 Å². The molecule has 0 aromatic heterocycles. The van der Waals surface area contributed by atoms with Crippen LogP contribution in [0.4, 0.5) is 0 Å². The molecule has 2 aromatic rings. The van der Waals surface area contributed by atoms with Crippen LogP contribution in [-0.4, -0.2) is 28.3 Å². The van der Waals surface area contributed by atoms with Crippen LogP contribution >= 0.6 is 0 Å². The number of carbonyl (C=O) groups is 1. The highest BCUT2D eigenvalue weighted by Crippen LogP contribution is 2.12. The molecule has 0 radical (unpaired) electrons. The molecule has 2 aromatic carbocycles. The second-order valence-corrected chi connectivity index (χ2v) is 6.50. The summed E-state index contributed by atoms with van der Waals surface area (Å²) in [7, 11) is 0.766. The van der Waals surface area contributed by atoms with Gasteiger partial charge in [0.2, 0.25) is 0 Å². The molecule has 110 valence electrons. The summed E-state index contributed by atoms with van der Waals surface area (Å²) < 4.78 is 11.3. The van der Waals surface area contributed by atoms with Gasteiger partial charge in [-0.05, 0) is 36.8 Å². The van der Waals surface area contributed by atoms with Crippen molar-refractivity contribution in [3.63, 3.8) is 0 Å². The van der Waals surface area contributed by atoms with Gasteiger partial charge in [-0.3, -0.25) is 9.00 Å². The van der Waals surface area contributed by atoms with E-state index in [1.54, 1.807) is 42.5 Å². The van der Waals surface area contributed by atoms with Gasteiger partial charge < -0.3 is 4.90 Å². The third-order valence-corrected chi connectivity index (χ3v) is 4.26. The first-order valence-electron chi connectivity index (χ1n) is 6.72. The molecule has 0 saturated carbocycles. The van der Waals surface area contributed by atoms with E-state index in [0.717, 1.165) is 10.5 Å². The molecule has 0 aliphatic carbocycles. The van der Waals surface area contributed by atoms with E-state index in [1.807, 2.05) is 31.2 Å². The Labute approximate surface area is 128 Å². The minimum absolute atomic E-state index is 0.0380. The minimum Gasteiger partial charge on any atom is -0.337 e. The Bertz CT molecular complexity index is 647. The average Bonchev–Trinajstić information content (AvgIpc) is 2.49. The highest BCUT2D eigenvalue weighted by molar-refractivity contribution is 7.84. The fraction of sp³-hybridized carbons (Fsp3) is 0.235. The Hall–Kier alpha value is -1.94. The average molecular weight is 301 g/mol. The van der Waals surface area contributed by atoms with Crippen molar-refractivity contribution < 1.29 is 9.00 Å². The Balaban J connectivity index is 2.08. The zero-order valence-corrected chi connectivity index (χ0v) is 13.3. The maximum Gasteiger partial charge on any atom is 0.253 e. The quantitative estimate of drug-likeness (QED) is 0.870. The van der Waals surface area contributed by atoms with Crippen LogP contribution in [0.25, 0.3) is 0 Å². The van der Waals surface area contributed by atoms with Gasteiger partial charge in [-0.15, -0.1) is 0 Å². The number of rotatable bonds is 4. The van der Waals surface area contributed by atoms with Gasteiger partial charge in [0.1, 0.15) is 0 Å². The number of nitrogens with zero attached hydrogens (tertiary/aromatic N) is 1. The van der Waals surface area contributed by atoms with E-state index in [0.29, 0.717) is 12.1 Å². The van der Waals surface area contributed by atoms with Crippen LogP contribution in [0, 0.1) is 6.92 Å². The zero-order chi connectivity index (χ0) is 15.4. The van der Waals surface area contributed by atoms with Crippen LogP contribution in [-0.2, 0) is 17.3 Å². The van der Waals surface area contributed by atoms with Crippen molar-refractivity contribution in [2.75, 3.05) is 13.3 Å². The molecule has 3 nitrogen and oxygen atoms in total. The minimum atomic E-state index is -1.02. The predicted octanol–water partition coefficient (Wildman–Crippen LogP) is 3.00. The molecular formula is C17H19NO2S. The van der Waals surface area contributed by atoms with Crippen LogP contribution in [0.5, 0.6) is 0 Å². The molecule has 0 unspecified atom stereocenters. The van der Waals surface area contributed by atoms with Crippen molar-refractivity contribution in [2.45, 2.75) is 18.4 Å². The van der Waals surface area contributed by atoms with Crippen LogP contribution in [0.3, 0.4) is 0 Å². The summed E-state index contributed by atoms with van der Waals surface area (Å²) in [5.74, 6) is -0.0380. The molecule has 21 heavy (non-hydrogen) atoms. The number of hydrogen-bond acceptors (Lipinski definition) is 2. The summed E-state index contributed by atoms with van der Waals surface area (Å²) >= 11 is 0. The van der Waals surface area contributed by atoms with Crippen molar-refractivity contribution in [3.05, 3.63) is 65.2 Å². The molecule has 2 rings (SSSR count). The monoisotopic (exact) mass is 301 g/mol. The molecule has 0 fully saturated rings. The van der Waals surface area contributed by atoms with Gasteiger partial charge in [0, 0.05) is 41.1 Å². The SMILES string of the molecule is Cc1ccc(CN(C)C(=O)c2ccc([S@](C)=O)cc2)cc1. The van der Waals surface area contributed by atoms with Gasteiger partial charge in [-0.2, -0.15) is 0 Å². The number of aryl methyl sites for hydroxylation is 1. The van der Waals surface area contributed by atoms with Crippen molar-refractivity contribution in [2.24, 2.45) is 0 Å². The standard InChI is InChI=1S/C17H19NO2S/c1-13-4-6-14(7-5-13)12-18(2)17(19)15-8-10-16(11-9-15)21(3)20/h4-11H,12H2,1-3H3/t21-/m0/s1. The van der Waals surface area contributed by atoms with Crippen molar-refractivity contribution in [3.8, 4) is 0 Å². The lowest BCUT2D eigenvalue weighted by molar-refractivity contribution is 0.0785. The summed E-state index contributed by atoms with van der Waals surface area (Å²) in [4.78, 5) is 14.8. The van der Waals surface area contributed by atoms with Gasteiger partial charge in [0.15, 0.2) is 0 Å². The van der Waals surface area contributed by atoms with Crippen molar-refractivity contribution in [1.82, 2.24) is 4.90 Å². The lowest BCUT2D eigenvalue weighted by Gasteiger charge is -2.17. The fourth-order valence-corrected chi connectivity index (χ4v) is 2.57. The molecule has 0 N–H and O–H groups in total. The molecule has 0 spiro atoms. The lowest BCUT2D eigenvalue weighted by Crippen LogP contribution is -2.26. The van der Waals surface area contributed by atoms with Gasteiger partial charge in [-0.1, -0.05) is 29.8 Å². The van der Waals surface area contributed by atoms with Crippen LogP contribution in [0.1, 0.15) is 21.5 Å². The van der Waals surface area contributed by atoms with E-state index < -0.39 is 10.8 Å². The fourth-order valence-electron chi connectivity index (χ4n) is 2.05.